The van der Waals surface area contributed by atoms with E-state index in [1.54, 1.807) is 0 Å². The Morgan fingerprint density at radius 2 is 0.772 bits per heavy atom. The first kappa shape index (κ1) is 32.7. The molecule has 0 radical (unpaired) electrons. The number of rotatable bonds is 6. The summed E-state index contributed by atoms with van der Waals surface area (Å²) in [6.07, 6.45) is 0. The predicted octanol–water partition coefficient (Wildman–Crippen LogP) is 13.6. The molecule has 4 heteroatoms. The molecule has 4 nitrogen and oxygen atoms in total. The van der Waals surface area contributed by atoms with Gasteiger partial charge in [0, 0.05) is 27.5 Å². The molecule has 0 unspecified atom stereocenters. The topological polar surface area (TPSA) is 43.6 Å². The maximum Gasteiger partial charge on any atom is 0.166 e. The Labute approximate surface area is 330 Å². The van der Waals surface area contributed by atoms with Gasteiger partial charge in [-0.3, -0.25) is 0 Å². The van der Waals surface area contributed by atoms with Gasteiger partial charge in [-0.2, -0.15) is 0 Å². The van der Waals surface area contributed by atoms with Crippen LogP contribution in [-0.4, -0.2) is 19.5 Å². The third-order valence-electron chi connectivity index (χ3n) is 11.1. The first-order valence-electron chi connectivity index (χ1n) is 19.3. The van der Waals surface area contributed by atoms with Crippen LogP contribution in [-0.2, 0) is 0 Å². The number of nitrogens with zero attached hydrogens (tertiary/aromatic N) is 4. The van der Waals surface area contributed by atoms with Crippen molar-refractivity contribution in [2.75, 3.05) is 0 Å². The number of para-hydroxylation sites is 2. The van der Waals surface area contributed by atoms with Crippen LogP contribution in [0.3, 0.4) is 0 Å². The summed E-state index contributed by atoms with van der Waals surface area (Å²) in [5.74, 6) is 1.85. The van der Waals surface area contributed by atoms with Gasteiger partial charge in [-0.05, 0) is 74.1 Å². The molecular weight excluding hydrogens is 693 g/mol. The zero-order valence-corrected chi connectivity index (χ0v) is 30.9. The van der Waals surface area contributed by atoms with Crippen molar-refractivity contribution in [2.45, 2.75) is 0 Å². The van der Waals surface area contributed by atoms with E-state index in [9.17, 15) is 0 Å². The molecule has 266 valence electrons. The molecule has 0 spiro atoms. The van der Waals surface area contributed by atoms with Gasteiger partial charge >= 0.3 is 0 Å². The van der Waals surface area contributed by atoms with Gasteiger partial charge in [0.15, 0.2) is 17.5 Å². The van der Waals surface area contributed by atoms with Crippen molar-refractivity contribution < 1.29 is 0 Å². The summed E-state index contributed by atoms with van der Waals surface area (Å²) in [7, 11) is 0. The first-order valence-corrected chi connectivity index (χ1v) is 19.3. The average Bonchev–Trinajstić information content (AvgIpc) is 3.63. The zero-order chi connectivity index (χ0) is 37.7. The second kappa shape index (κ2) is 13.6. The standard InChI is InChI=1S/C53H34N4/c1-3-17-35(18-4-1)37-31-32-46(50(34-37)57-48-29-15-13-26-43(48)44-27-14-16-30-49(44)57)52-54-51(45-28-12-9-22-39(45)36-19-5-2-6-20-36)55-53(56-52)47-33-38-21-7-8-23-40(38)41-24-10-11-25-42(41)47/h1-34H. The number of aromatic nitrogens is 4. The van der Waals surface area contributed by atoms with Crippen molar-refractivity contribution >= 4 is 43.4 Å². The van der Waals surface area contributed by atoms with Crippen LogP contribution in [0.15, 0.2) is 206 Å². The maximum atomic E-state index is 5.46. The Morgan fingerprint density at radius 1 is 0.281 bits per heavy atom. The van der Waals surface area contributed by atoms with E-state index in [1.807, 2.05) is 6.07 Å². The van der Waals surface area contributed by atoms with Crippen molar-refractivity contribution in [3.05, 3.63) is 206 Å². The van der Waals surface area contributed by atoms with Gasteiger partial charge in [0.2, 0.25) is 0 Å². The van der Waals surface area contributed by atoms with Crippen LogP contribution in [0, 0.1) is 0 Å². The van der Waals surface area contributed by atoms with Gasteiger partial charge in [0.25, 0.3) is 0 Å². The van der Waals surface area contributed by atoms with E-state index in [0.717, 1.165) is 71.8 Å². The summed E-state index contributed by atoms with van der Waals surface area (Å²) in [5.41, 5.74) is 10.5. The summed E-state index contributed by atoms with van der Waals surface area (Å²) >= 11 is 0. The molecule has 0 aliphatic carbocycles. The minimum atomic E-state index is 0.603. The molecule has 11 aromatic rings. The van der Waals surface area contributed by atoms with E-state index in [1.165, 1.54) is 16.2 Å². The fraction of sp³-hybridized carbons (Fsp3) is 0. The largest absolute Gasteiger partial charge is 0.308 e. The zero-order valence-electron chi connectivity index (χ0n) is 30.9. The van der Waals surface area contributed by atoms with Gasteiger partial charge in [-0.1, -0.05) is 176 Å². The van der Waals surface area contributed by atoms with E-state index in [2.05, 4.69) is 205 Å². The van der Waals surface area contributed by atoms with Crippen molar-refractivity contribution in [1.82, 2.24) is 19.5 Å². The molecule has 0 saturated carbocycles. The number of hydrogen-bond donors (Lipinski definition) is 0. The van der Waals surface area contributed by atoms with E-state index < -0.39 is 0 Å². The molecule has 57 heavy (non-hydrogen) atoms. The summed E-state index contributed by atoms with van der Waals surface area (Å²) < 4.78 is 2.37. The molecule has 0 amide bonds. The van der Waals surface area contributed by atoms with Crippen molar-refractivity contribution in [3.8, 4) is 62.1 Å². The maximum absolute atomic E-state index is 5.46. The third kappa shape index (κ3) is 5.58. The smallest absolute Gasteiger partial charge is 0.166 e. The van der Waals surface area contributed by atoms with Gasteiger partial charge in [0.1, 0.15) is 0 Å². The lowest BCUT2D eigenvalue weighted by Gasteiger charge is -2.17. The Balaban J connectivity index is 1.24. The lowest BCUT2D eigenvalue weighted by atomic mass is 9.96. The third-order valence-corrected chi connectivity index (χ3v) is 11.1. The first-order chi connectivity index (χ1) is 28.3. The van der Waals surface area contributed by atoms with Gasteiger partial charge < -0.3 is 4.57 Å². The highest BCUT2D eigenvalue weighted by molar-refractivity contribution is 6.13. The van der Waals surface area contributed by atoms with Gasteiger partial charge in [0.05, 0.1) is 16.7 Å². The summed E-state index contributed by atoms with van der Waals surface area (Å²) in [5, 5.41) is 6.99. The highest BCUT2D eigenvalue weighted by atomic mass is 15.1. The van der Waals surface area contributed by atoms with Gasteiger partial charge in [-0.25, -0.2) is 15.0 Å². The summed E-state index contributed by atoms with van der Waals surface area (Å²) in [6, 6.07) is 72.7. The SMILES string of the molecule is c1ccc(-c2ccc(-c3nc(-c4ccccc4-c4ccccc4)nc(-c4cc5ccccc5c5ccccc45)n3)c(-n3c4ccccc4c4ccccc43)c2)cc1. The lowest BCUT2D eigenvalue weighted by molar-refractivity contribution is 1.07. The van der Waals surface area contributed by atoms with Crippen molar-refractivity contribution in [1.29, 1.82) is 0 Å². The molecule has 0 saturated heterocycles. The molecule has 2 heterocycles. The number of fused-ring (bicyclic) bond motifs is 6. The molecular formula is C53H34N4. The van der Waals surface area contributed by atoms with E-state index in [-0.39, 0.29) is 0 Å². The molecule has 0 atom stereocenters. The average molecular weight is 727 g/mol. The van der Waals surface area contributed by atoms with Crippen LogP contribution in [0.25, 0.3) is 105 Å². The quantitative estimate of drug-likeness (QED) is 0.160. The molecule has 0 bridgehead atoms. The Kier molecular flexibility index (Phi) is 7.78. The monoisotopic (exact) mass is 726 g/mol. The van der Waals surface area contributed by atoms with Gasteiger partial charge in [-0.15, -0.1) is 0 Å². The molecule has 0 N–H and O–H groups in total. The van der Waals surface area contributed by atoms with Crippen LogP contribution in [0.5, 0.6) is 0 Å². The fourth-order valence-corrected chi connectivity index (χ4v) is 8.42. The molecule has 2 aromatic heterocycles. The van der Waals surface area contributed by atoms with Crippen LogP contribution < -0.4 is 0 Å². The van der Waals surface area contributed by atoms with Crippen LogP contribution in [0.4, 0.5) is 0 Å². The number of hydrogen-bond acceptors (Lipinski definition) is 3. The van der Waals surface area contributed by atoms with Crippen LogP contribution in [0.1, 0.15) is 0 Å². The van der Waals surface area contributed by atoms with E-state index >= 15 is 0 Å². The molecule has 11 rings (SSSR count). The van der Waals surface area contributed by atoms with Crippen LogP contribution >= 0.6 is 0 Å². The minimum Gasteiger partial charge on any atom is -0.308 e. The van der Waals surface area contributed by atoms with E-state index in [0.29, 0.717) is 17.5 Å². The van der Waals surface area contributed by atoms with Crippen molar-refractivity contribution in [3.63, 3.8) is 0 Å². The predicted molar refractivity (Wildman–Crippen MR) is 236 cm³/mol. The fourth-order valence-electron chi connectivity index (χ4n) is 8.42. The second-order valence-electron chi connectivity index (χ2n) is 14.4. The minimum absolute atomic E-state index is 0.603. The van der Waals surface area contributed by atoms with Crippen LogP contribution in [0.2, 0.25) is 0 Å². The van der Waals surface area contributed by atoms with E-state index in [4.69, 9.17) is 15.0 Å². The Morgan fingerprint density at radius 3 is 1.46 bits per heavy atom. The lowest BCUT2D eigenvalue weighted by Crippen LogP contribution is -2.05. The Hall–Kier alpha value is -7.69. The normalized spacial score (nSPS) is 11.5. The molecule has 0 fully saturated rings. The summed E-state index contributed by atoms with van der Waals surface area (Å²) in [6.45, 7) is 0. The Bertz CT molecular complexity index is 3240. The highest BCUT2D eigenvalue weighted by Crippen LogP contribution is 2.40. The molecule has 9 aromatic carbocycles. The summed E-state index contributed by atoms with van der Waals surface area (Å²) in [4.78, 5) is 16.3. The molecule has 0 aliphatic heterocycles. The second-order valence-corrected chi connectivity index (χ2v) is 14.4. The molecule has 0 aliphatic rings. The van der Waals surface area contributed by atoms with Crippen molar-refractivity contribution in [2.24, 2.45) is 0 Å². The number of benzene rings is 9. The highest BCUT2D eigenvalue weighted by Gasteiger charge is 2.22.